The fraction of sp³-hybridized carbons (Fsp3) is 0.323. The van der Waals surface area contributed by atoms with Crippen LogP contribution in [0.15, 0.2) is 66.9 Å². The Morgan fingerprint density at radius 1 is 1.05 bits per heavy atom. The summed E-state index contributed by atoms with van der Waals surface area (Å²) < 4.78 is 14.4. The molecule has 0 aliphatic carbocycles. The van der Waals surface area contributed by atoms with Crippen molar-refractivity contribution >= 4 is 57.8 Å². The number of carbonyl (C=O) groups excluding carboxylic acids is 4. The van der Waals surface area contributed by atoms with Crippen LogP contribution < -0.4 is 5.73 Å². The Morgan fingerprint density at radius 3 is 2.49 bits per heavy atom. The van der Waals surface area contributed by atoms with Crippen molar-refractivity contribution in [2.24, 2.45) is 5.73 Å². The monoisotopic (exact) mass is 719 g/mol. The maximum atomic E-state index is 13.8. The van der Waals surface area contributed by atoms with Crippen LogP contribution in [-0.4, -0.2) is 82.1 Å². The van der Waals surface area contributed by atoms with Gasteiger partial charge >= 0.3 is 0 Å². The van der Waals surface area contributed by atoms with Crippen molar-refractivity contribution in [3.05, 3.63) is 98.1 Å². The Bertz CT molecular complexity index is 1460. The highest BCUT2D eigenvalue weighted by Gasteiger charge is 2.40. The number of halogens is 3. The molecule has 0 radical (unpaired) electrons. The number of primary amides is 1. The van der Waals surface area contributed by atoms with Gasteiger partial charge in [-0.15, -0.1) is 0 Å². The second kappa shape index (κ2) is 15.2. The highest BCUT2D eigenvalue weighted by molar-refractivity contribution is 14.1. The van der Waals surface area contributed by atoms with Crippen LogP contribution in [0.25, 0.3) is 0 Å². The van der Waals surface area contributed by atoms with Crippen molar-refractivity contribution in [2.75, 3.05) is 32.7 Å². The number of nitrogens with two attached hydrogens (primary N) is 1. The van der Waals surface area contributed by atoms with Crippen LogP contribution in [0.3, 0.4) is 0 Å². The zero-order chi connectivity index (χ0) is 30.9. The number of hydrogen-bond acceptors (Lipinski definition) is 5. The number of aromatic nitrogens is 1. The third-order valence-corrected chi connectivity index (χ3v) is 8.29. The van der Waals surface area contributed by atoms with E-state index in [9.17, 15) is 23.6 Å². The predicted octanol–water partition coefficient (Wildman–Crippen LogP) is 3.25. The molecule has 226 valence electrons. The molecule has 0 bridgehead atoms. The first-order chi connectivity index (χ1) is 20.6. The molecule has 2 aromatic carbocycles. The first kappa shape index (κ1) is 32.3. The van der Waals surface area contributed by atoms with E-state index in [0.29, 0.717) is 24.3 Å². The van der Waals surface area contributed by atoms with Crippen LogP contribution in [0.1, 0.15) is 23.2 Å². The molecule has 1 aliphatic rings. The molecular formula is C31H32ClFIN5O4. The molecule has 1 aromatic heterocycles. The quantitative estimate of drug-likeness (QED) is 0.273. The Hall–Kier alpha value is -3.58. The highest BCUT2D eigenvalue weighted by Crippen LogP contribution is 2.22. The summed E-state index contributed by atoms with van der Waals surface area (Å²) in [4.78, 5) is 61.1. The van der Waals surface area contributed by atoms with E-state index < -0.39 is 17.9 Å². The van der Waals surface area contributed by atoms with E-state index in [1.807, 2.05) is 30.3 Å². The van der Waals surface area contributed by atoms with Crippen molar-refractivity contribution in [1.29, 1.82) is 0 Å². The molecule has 0 spiro atoms. The molecule has 1 fully saturated rings. The van der Waals surface area contributed by atoms with Gasteiger partial charge < -0.3 is 20.4 Å². The maximum absolute atomic E-state index is 13.8. The van der Waals surface area contributed by atoms with Gasteiger partial charge in [-0.05, 0) is 83.0 Å². The number of piperazine rings is 1. The highest BCUT2D eigenvalue weighted by atomic mass is 127. The Kier molecular flexibility index (Phi) is 11.5. The van der Waals surface area contributed by atoms with Crippen LogP contribution in [-0.2, 0) is 38.4 Å². The molecule has 2 heterocycles. The second-order valence-corrected chi connectivity index (χ2v) is 11.9. The predicted molar refractivity (Wildman–Crippen MR) is 168 cm³/mol. The second-order valence-electron chi connectivity index (χ2n) is 10.3. The summed E-state index contributed by atoms with van der Waals surface area (Å²) in [6, 6.07) is 15.9. The van der Waals surface area contributed by atoms with Gasteiger partial charge in [-0.3, -0.25) is 24.2 Å². The number of carbonyl (C=O) groups is 4. The lowest BCUT2D eigenvalue weighted by atomic mass is 10.0. The average Bonchev–Trinajstić information content (AvgIpc) is 2.97. The van der Waals surface area contributed by atoms with E-state index in [4.69, 9.17) is 17.3 Å². The number of benzene rings is 2. The number of rotatable bonds is 13. The number of amides is 4. The summed E-state index contributed by atoms with van der Waals surface area (Å²) in [6.07, 6.45) is 2.51. The summed E-state index contributed by atoms with van der Waals surface area (Å²) in [6.45, 7) is 0.101. The molecule has 0 saturated carbocycles. The van der Waals surface area contributed by atoms with Crippen molar-refractivity contribution in [3.8, 4) is 0 Å². The van der Waals surface area contributed by atoms with Gasteiger partial charge in [0.05, 0.1) is 19.5 Å². The van der Waals surface area contributed by atoms with Gasteiger partial charge in [0, 0.05) is 46.5 Å². The fourth-order valence-electron chi connectivity index (χ4n) is 4.97. The van der Waals surface area contributed by atoms with Crippen LogP contribution in [0.5, 0.6) is 0 Å². The van der Waals surface area contributed by atoms with E-state index in [0.717, 1.165) is 20.4 Å². The standard InChI is InChI=1S/C31H32ClFIN5O4/c32-26-17-24(34)9-6-22(26)11-14-38-20-30(42)39(16-10-21-4-7-23(33)8-5-21)27(31(38)43)18-29(41)37(19-28(35)40)15-12-25-3-1-2-13-36-25/h1-9,13,17,27H,10-12,14-16,18-20H2,(H2,35,40). The van der Waals surface area contributed by atoms with Crippen molar-refractivity contribution in [3.63, 3.8) is 0 Å². The van der Waals surface area contributed by atoms with Crippen molar-refractivity contribution in [2.45, 2.75) is 31.7 Å². The number of pyridine rings is 1. The molecular weight excluding hydrogens is 688 g/mol. The number of nitrogens with zero attached hydrogens (tertiary/aromatic N) is 4. The minimum atomic E-state index is -1.08. The van der Waals surface area contributed by atoms with Crippen LogP contribution >= 0.6 is 34.2 Å². The Labute approximate surface area is 268 Å². The van der Waals surface area contributed by atoms with E-state index in [2.05, 4.69) is 27.6 Å². The maximum Gasteiger partial charge on any atom is 0.246 e. The molecule has 2 N–H and O–H groups in total. The molecule has 1 saturated heterocycles. The van der Waals surface area contributed by atoms with Gasteiger partial charge in [0.25, 0.3) is 0 Å². The summed E-state index contributed by atoms with van der Waals surface area (Å²) in [5, 5.41) is 0.574. The summed E-state index contributed by atoms with van der Waals surface area (Å²) in [5.74, 6) is -2.21. The van der Waals surface area contributed by atoms with E-state index >= 15 is 0 Å². The number of hydrogen-bond donors (Lipinski definition) is 1. The first-order valence-electron chi connectivity index (χ1n) is 13.8. The minimum Gasteiger partial charge on any atom is -0.368 e. The lowest BCUT2D eigenvalue weighted by Gasteiger charge is -2.40. The van der Waals surface area contributed by atoms with Gasteiger partial charge in [-0.25, -0.2) is 4.39 Å². The Morgan fingerprint density at radius 2 is 1.81 bits per heavy atom. The zero-order valence-electron chi connectivity index (χ0n) is 23.4. The Balaban J connectivity index is 1.52. The van der Waals surface area contributed by atoms with Gasteiger partial charge in [0.1, 0.15) is 11.9 Å². The van der Waals surface area contributed by atoms with Crippen molar-refractivity contribution < 1.29 is 23.6 Å². The third-order valence-electron chi connectivity index (χ3n) is 7.27. The first-order valence-corrected chi connectivity index (χ1v) is 15.3. The van der Waals surface area contributed by atoms with Gasteiger partial charge in [-0.2, -0.15) is 0 Å². The molecule has 4 amide bonds. The van der Waals surface area contributed by atoms with E-state index in [1.54, 1.807) is 24.4 Å². The van der Waals surface area contributed by atoms with Gasteiger partial charge in [0.2, 0.25) is 23.6 Å². The van der Waals surface area contributed by atoms with E-state index in [1.165, 1.54) is 26.8 Å². The van der Waals surface area contributed by atoms with E-state index in [-0.39, 0.29) is 56.8 Å². The largest absolute Gasteiger partial charge is 0.368 e. The smallest absolute Gasteiger partial charge is 0.246 e. The third kappa shape index (κ3) is 9.20. The molecule has 43 heavy (non-hydrogen) atoms. The topological polar surface area (TPSA) is 117 Å². The molecule has 9 nitrogen and oxygen atoms in total. The zero-order valence-corrected chi connectivity index (χ0v) is 26.3. The lowest BCUT2D eigenvalue weighted by molar-refractivity contribution is -0.158. The molecule has 3 aromatic rings. The average molecular weight is 720 g/mol. The lowest BCUT2D eigenvalue weighted by Crippen LogP contribution is -2.61. The fourth-order valence-corrected chi connectivity index (χ4v) is 5.92. The summed E-state index contributed by atoms with van der Waals surface area (Å²) in [7, 11) is 0. The van der Waals surface area contributed by atoms with Crippen LogP contribution in [0.4, 0.5) is 4.39 Å². The normalized spacial score (nSPS) is 15.1. The summed E-state index contributed by atoms with van der Waals surface area (Å²) in [5.41, 5.74) is 7.81. The minimum absolute atomic E-state index is 0.139. The molecule has 1 aliphatic heterocycles. The van der Waals surface area contributed by atoms with Crippen LogP contribution in [0, 0.1) is 9.39 Å². The molecule has 1 unspecified atom stereocenters. The molecule has 1 atom stereocenters. The van der Waals surface area contributed by atoms with Crippen LogP contribution in [0.2, 0.25) is 5.02 Å². The van der Waals surface area contributed by atoms with Gasteiger partial charge in [0.15, 0.2) is 0 Å². The SMILES string of the molecule is NC(=O)CN(CCc1ccccn1)C(=O)CC1C(=O)N(CCc2ccc(I)cc2Cl)CC(=O)N1CCc1ccc(F)cc1. The van der Waals surface area contributed by atoms with Crippen molar-refractivity contribution in [1.82, 2.24) is 19.7 Å². The molecule has 12 heteroatoms. The molecule has 4 rings (SSSR count). The summed E-state index contributed by atoms with van der Waals surface area (Å²) >= 11 is 8.56. The van der Waals surface area contributed by atoms with Gasteiger partial charge in [-0.1, -0.05) is 35.9 Å².